The van der Waals surface area contributed by atoms with Crippen LogP contribution in [0.4, 0.5) is 4.79 Å². The van der Waals surface area contributed by atoms with Crippen LogP contribution in [0.2, 0.25) is 5.02 Å². The molecule has 0 bridgehead atoms. The van der Waals surface area contributed by atoms with Gasteiger partial charge in [0, 0.05) is 18.1 Å². The third-order valence-electron chi connectivity index (χ3n) is 3.25. The molecule has 0 aliphatic rings. The highest BCUT2D eigenvalue weighted by atomic mass is 35.5. The standard InChI is InChI=1S/C14H21ClN2O2/c1-10(2)14(3,19)9-17-13(18)16-8-11-6-4-5-7-12(11)15/h4-7,10,19H,8-9H2,1-3H3,(H2,16,17,18). The Kier molecular flexibility index (Phi) is 5.63. The number of hydrogen-bond donors (Lipinski definition) is 3. The molecular weight excluding hydrogens is 264 g/mol. The van der Waals surface area contributed by atoms with Crippen molar-refractivity contribution in [2.24, 2.45) is 5.92 Å². The van der Waals surface area contributed by atoms with E-state index in [0.717, 1.165) is 5.56 Å². The normalized spacial score (nSPS) is 14.0. The van der Waals surface area contributed by atoms with Crippen LogP contribution in [0.1, 0.15) is 26.3 Å². The van der Waals surface area contributed by atoms with Crippen molar-refractivity contribution in [3.05, 3.63) is 34.9 Å². The molecule has 0 spiro atoms. The van der Waals surface area contributed by atoms with Gasteiger partial charge in [0.25, 0.3) is 0 Å². The second-order valence-electron chi connectivity index (χ2n) is 5.14. The number of nitrogens with one attached hydrogen (secondary N) is 2. The van der Waals surface area contributed by atoms with E-state index in [1.807, 2.05) is 32.0 Å². The lowest BCUT2D eigenvalue weighted by Crippen LogP contribution is -2.47. The topological polar surface area (TPSA) is 61.4 Å². The lowest BCUT2D eigenvalue weighted by molar-refractivity contribution is 0.0166. The van der Waals surface area contributed by atoms with Crippen molar-refractivity contribution in [2.75, 3.05) is 6.54 Å². The van der Waals surface area contributed by atoms with E-state index >= 15 is 0 Å². The van der Waals surface area contributed by atoms with E-state index < -0.39 is 5.60 Å². The molecule has 1 aromatic carbocycles. The Morgan fingerprint density at radius 3 is 2.58 bits per heavy atom. The number of aliphatic hydroxyl groups is 1. The molecule has 106 valence electrons. The van der Waals surface area contributed by atoms with Crippen LogP contribution in [0.25, 0.3) is 0 Å². The van der Waals surface area contributed by atoms with Gasteiger partial charge >= 0.3 is 6.03 Å². The molecule has 1 unspecified atom stereocenters. The monoisotopic (exact) mass is 284 g/mol. The SMILES string of the molecule is CC(C)C(C)(O)CNC(=O)NCc1ccccc1Cl. The molecule has 2 amide bonds. The predicted octanol–water partition coefficient (Wildman–Crippen LogP) is 2.55. The van der Waals surface area contributed by atoms with Gasteiger partial charge in [0.15, 0.2) is 0 Å². The highest BCUT2D eigenvalue weighted by Gasteiger charge is 2.25. The average Bonchev–Trinajstić information content (AvgIpc) is 2.35. The lowest BCUT2D eigenvalue weighted by Gasteiger charge is -2.27. The summed E-state index contributed by atoms with van der Waals surface area (Å²) in [5.74, 6) is 0.0661. The molecule has 0 fully saturated rings. The first-order valence-corrected chi connectivity index (χ1v) is 6.68. The zero-order chi connectivity index (χ0) is 14.5. The summed E-state index contributed by atoms with van der Waals surface area (Å²) < 4.78 is 0. The van der Waals surface area contributed by atoms with E-state index in [1.165, 1.54) is 0 Å². The highest BCUT2D eigenvalue weighted by molar-refractivity contribution is 6.31. The van der Waals surface area contributed by atoms with Crippen LogP contribution in [0, 0.1) is 5.92 Å². The summed E-state index contributed by atoms with van der Waals surface area (Å²) >= 11 is 5.99. The molecule has 1 aromatic rings. The van der Waals surface area contributed by atoms with Crippen LogP contribution in [0.3, 0.4) is 0 Å². The molecule has 4 nitrogen and oxygen atoms in total. The quantitative estimate of drug-likeness (QED) is 0.778. The summed E-state index contributed by atoms with van der Waals surface area (Å²) in [5.41, 5.74) is -0.0585. The second kappa shape index (κ2) is 6.78. The minimum absolute atomic E-state index is 0.0661. The minimum Gasteiger partial charge on any atom is -0.388 e. The Labute approximate surface area is 119 Å². The van der Waals surface area contributed by atoms with Crippen LogP contribution in [-0.4, -0.2) is 23.3 Å². The van der Waals surface area contributed by atoms with Crippen molar-refractivity contribution < 1.29 is 9.90 Å². The van der Waals surface area contributed by atoms with Gasteiger partial charge in [-0.1, -0.05) is 43.6 Å². The number of hydrogen-bond acceptors (Lipinski definition) is 2. The Hall–Kier alpha value is -1.26. The molecule has 5 heteroatoms. The van der Waals surface area contributed by atoms with Crippen LogP contribution >= 0.6 is 11.6 Å². The zero-order valence-corrected chi connectivity index (χ0v) is 12.3. The first kappa shape index (κ1) is 15.8. The summed E-state index contributed by atoms with van der Waals surface area (Å²) in [7, 11) is 0. The van der Waals surface area contributed by atoms with Gasteiger partial charge in [-0.3, -0.25) is 0 Å². The average molecular weight is 285 g/mol. The number of urea groups is 1. The van der Waals surface area contributed by atoms with Gasteiger partial charge in [0.1, 0.15) is 0 Å². The molecule has 0 saturated carbocycles. The molecule has 0 aliphatic heterocycles. The van der Waals surface area contributed by atoms with Gasteiger partial charge in [0.2, 0.25) is 0 Å². The molecule has 0 radical (unpaired) electrons. The molecule has 0 aliphatic carbocycles. The van der Waals surface area contributed by atoms with Gasteiger partial charge in [-0.05, 0) is 24.5 Å². The van der Waals surface area contributed by atoms with Gasteiger partial charge in [-0.25, -0.2) is 4.79 Å². The van der Waals surface area contributed by atoms with E-state index in [1.54, 1.807) is 13.0 Å². The third kappa shape index (κ3) is 5.09. The van der Waals surface area contributed by atoms with Gasteiger partial charge < -0.3 is 15.7 Å². The fraction of sp³-hybridized carbons (Fsp3) is 0.500. The summed E-state index contributed by atoms with van der Waals surface area (Å²) in [4.78, 5) is 11.6. The lowest BCUT2D eigenvalue weighted by atomic mass is 9.93. The van der Waals surface area contributed by atoms with Gasteiger partial charge in [-0.2, -0.15) is 0 Å². The maximum Gasteiger partial charge on any atom is 0.315 e. The van der Waals surface area contributed by atoms with E-state index in [0.29, 0.717) is 11.6 Å². The number of benzene rings is 1. The molecule has 19 heavy (non-hydrogen) atoms. The summed E-state index contributed by atoms with van der Waals surface area (Å²) in [6.45, 7) is 6.08. The van der Waals surface area contributed by atoms with Crippen molar-refractivity contribution in [3.63, 3.8) is 0 Å². The van der Waals surface area contributed by atoms with Crippen molar-refractivity contribution in [1.29, 1.82) is 0 Å². The van der Waals surface area contributed by atoms with E-state index in [4.69, 9.17) is 11.6 Å². The first-order valence-electron chi connectivity index (χ1n) is 6.30. The van der Waals surface area contributed by atoms with Gasteiger partial charge in [-0.15, -0.1) is 0 Å². The second-order valence-corrected chi connectivity index (χ2v) is 5.55. The van der Waals surface area contributed by atoms with E-state index in [-0.39, 0.29) is 18.5 Å². The maximum atomic E-state index is 11.6. The number of rotatable bonds is 5. The predicted molar refractivity (Wildman–Crippen MR) is 77.2 cm³/mol. The molecule has 0 heterocycles. The van der Waals surface area contributed by atoms with Crippen LogP contribution in [-0.2, 0) is 6.54 Å². The smallest absolute Gasteiger partial charge is 0.315 e. The fourth-order valence-electron chi connectivity index (χ4n) is 1.34. The number of halogens is 1. The molecule has 1 atom stereocenters. The van der Waals surface area contributed by atoms with Crippen LogP contribution in [0.15, 0.2) is 24.3 Å². The molecule has 3 N–H and O–H groups in total. The Morgan fingerprint density at radius 1 is 1.37 bits per heavy atom. The van der Waals surface area contributed by atoms with Crippen LogP contribution in [0.5, 0.6) is 0 Å². The molecular formula is C14H21ClN2O2. The number of carbonyl (C=O) groups excluding carboxylic acids is 1. The molecule has 0 saturated heterocycles. The number of carbonyl (C=O) groups is 1. The fourth-order valence-corrected chi connectivity index (χ4v) is 1.55. The van der Waals surface area contributed by atoms with Gasteiger partial charge in [0.05, 0.1) is 5.60 Å². The molecule has 1 rings (SSSR count). The molecule has 0 aromatic heterocycles. The van der Waals surface area contributed by atoms with Crippen molar-refractivity contribution >= 4 is 17.6 Å². The Morgan fingerprint density at radius 2 is 2.00 bits per heavy atom. The first-order chi connectivity index (χ1) is 8.83. The zero-order valence-electron chi connectivity index (χ0n) is 11.5. The van der Waals surface area contributed by atoms with Crippen molar-refractivity contribution in [1.82, 2.24) is 10.6 Å². The summed E-state index contributed by atoms with van der Waals surface area (Å²) in [6.07, 6.45) is 0. The van der Waals surface area contributed by atoms with Crippen molar-refractivity contribution in [2.45, 2.75) is 32.9 Å². The highest BCUT2D eigenvalue weighted by Crippen LogP contribution is 2.15. The Balaban J connectivity index is 2.39. The number of amides is 2. The minimum atomic E-state index is -0.915. The Bertz CT molecular complexity index is 433. The van der Waals surface area contributed by atoms with E-state index in [2.05, 4.69) is 10.6 Å². The van der Waals surface area contributed by atoms with E-state index in [9.17, 15) is 9.90 Å². The third-order valence-corrected chi connectivity index (χ3v) is 3.62. The van der Waals surface area contributed by atoms with Crippen molar-refractivity contribution in [3.8, 4) is 0 Å². The maximum absolute atomic E-state index is 11.6. The summed E-state index contributed by atoms with van der Waals surface area (Å²) in [5, 5.41) is 16.0. The largest absolute Gasteiger partial charge is 0.388 e. The summed E-state index contributed by atoms with van der Waals surface area (Å²) in [6, 6.07) is 7.02. The van der Waals surface area contributed by atoms with Crippen LogP contribution < -0.4 is 10.6 Å².